The van der Waals surface area contributed by atoms with Gasteiger partial charge in [-0.05, 0) is 74.0 Å². The zero-order valence-electron chi connectivity index (χ0n) is 21.3. The maximum atomic E-state index is 13.4. The highest BCUT2D eigenvalue weighted by Gasteiger charge is 2.53. The number of carbonyl (C=O) groups excluding carboxylic acids is 2. The number of hydrogen-bond donors (Lipinski definition) is 0. The third-order valence-electron chi connectivity index (χ3n) is 9.68. The third kappa shape index (κ3) is 5.08. The third-order valence-corrected chi connectivity index (χ3v) is 9.94. The van der Waals surface area contributed by atoms with Crippen LogP contribution in [0.3, 0.4) is 0 Å². The molecule has 1 aromatic carbocycles. The van der Waals surface area contributed by atoms with Crippen molar-refractivity contribution in [3.63, 3.8) is 0 Å². The Labute approximate surface area is 215 Å². The number of rotatable bonds is 6. The minimum Gasteiger partial charge on any atom is -0.447 e. The first kappa shape index (κ1) is 24.9. The molecule has 5 rings (SSSR count). The van der Waals surface area contributed by atoms with Crippen LogP contribution in [0.25, 0.3) is 0 Å². The molecule has 1 aromatic rings. The summed E-state index contributed by atoms with van der Waals surface area (Å²) in [6.07, 6.45) is 13.6. The highest BCUT2D eigenvalue weighted by atomic mass is 35.5. The van der Waals surface area contributed by atoms with E-state index >= 15 is 0 Å². The molecule has 2 saturated heterocycles. The lowest BCUT2D eigenvalue weighted by Crippen LogP contribution is -2.56. The Morgan fingerprint density at radius 1 is 1.03 bits per heavy atom. The first-order valence-electron chi connectivity index (χ1n) is 13.9. The summed E-state index contributed by atoms with van der Waals surface area (Å²) in [7, 11) is 0. The van der Waals surface area contributed by atoms with Crippen LogP contribution in [0.2, 0.25) is 5.02 Å². The fourth-order valence-corrected chi connectivity index (χ4v) is 7.62. The summed E-state index contributed by atoms with van der Waals surface area (Å²) >= 11 is 6.03. The van der Waals surface area contributed by atoms with Gasteiger partial charge in [0, 0.05) is 30.6 Å². The predicted molar refractivity (Wildman–Crippen MR) is 138 cm³/mol. The smallest absolute Gasteiger partial charge is 0.410 e. The fraction of sp³-hybridized carbons (Fsp3) is 0.724. The van der Waals surface area contributed by atoms with Gasteiger partial charge in [-0.3, -0.25) is 9.69 Å². The number of ether oxygens (including phenoxy) is 1. The quantitative estimate of drug-likeness (QED) is 0.449. The van der Waals surface area contributed by atoms with Crippen molar-refractivity contribution in [1.29, 1.82) is 0 Å². The largest absolute Gasteiger partial charge is 0.447 e. The van der Waals surface area contributed by atoms with E-state index in [-0.39, 0.29) is 28.9 Å². The van der Waals surface area contributed by atoms with Crippen LogP contribution >= 0.6 is 11.6 Å². The van der Waals surface area contributed by atoms with E-state index in [2.05, 4.69) is 9.80 Å². The van der Waals surface area contributed by atoms with Crippen LogP contribution in [0.5, 0.6) is 0 Å². The van der Waals surface area contributed by atoms with Crippen molar-refractivity contribution < 1.29 is 14.3 Å². The second kappa shape index (κ2) is 10.3. The number of benzene rings is 1. The van der Waals surface area contributed by atoms with Gasteiger partial charge >= 0.3 is 6.09 Å². The van der Waals surface area contributed by atoms with E-state index < -0.39 is 0 Å². The van der Waals surface area contributed by atoms with E-state index in [9.17, 15) is 9.59 Å². The molecule has 5 nitrogen and oxygen atoms in total. The van der Waals surface area contributed by atoms with E-state index in [1.807, 2.05) is 31.2 Å². The Morgan fingerprint density at radius 3 is 2.34 bits per heavy atom. The van der Waals surface area contributed by atoms with E-state index in [0.29, 0.717) is 12.5 Å². The summed E-state index contributed by atoms with van der Waals surface area (Å²) in [6, 6.07) is 7.83. The number of piperidine rings is 1. The summed E-state index contributed by atoms with van der Waals surface area (Å²) in [5.74, 6) is 0.852. The zero-order chi connectivity index (χ0) is 24.5. The van der Waals surface area contributed by atoms with Crippen molar-refractivity contribution in [2.24, 2.45) is 17.3 Å². The van der Waals surface area contributed by atoms with Crippen molar-refractivity contribution in [1.82, 2.24) is 9.80 Å². The van der Waals surface area contributed by atoms with Gasteiger partial charge in [-0.2, -0.15) is 0 Å². The number of cyclic esters (lactones) is 1. The molecule has 0 N–H and O–H groups in total. The highest BCUT2D eigenvalue weighted by Crippen LogP contribution is 2.50. The van der Waals surface area contributed by atoms with Crippen LogP contribution in [0.15, 0.2) is 24.3 Å². The van der Waals surface area contributed by atoms with Gasteiger partial charge in [0.25, 0.3) is 0 Å². The molecule has 1 atom stereocenters. The number of carbonyl (C=O) groups is 2. The molecule has 6 heteroatoms. The molecule has 1 spiro atoms. The van der Waals surface area contributed by atoms with Crippen molar-refractivity contribution in [3.8, 4) is 0 Å². The summed E-state index contributed by atoms with van der Waals surface area (Å²) in [5, 5.41) is 0.726. The van der Waals surface area contributed by atoms with Gasteiger partial charge in [-0.25, -0.2) is 4.79 Å². The van der Waals surface area contributed by atoms with E-state index in [0.717, 1.165) is 62.3 Å². The lowest BCUT2D eigenvalue weighted by Gasteiger charge is -2.51. The fourth-order valence-electron chi connectivity index (χ4n) is 7.50. The molecule has 2 amide bonds. The Balaban J connectivity index is 1.28. The molecular formula is C29H41ClN2O3. The first-order valence-corrected chi connectivity index (χ1v) is 14.3. The molecule has 4 fully saturated rings. The molecule has 192 valence electrons. The molecule has 0 aromatic heterocycles. The van der Waals surface area contributed by atoms with Gasteiger partial charge in [-0.15, -0.1) is 0 Å². The number of likely N-dealkylation sites (tertiary alicyclic amines) is 1. The first-order chi connectivity index (χ1) is 16.9. The van der Waals surface area contributed by atoms with Crippen molar-refractivity contribution in [2.45, 2.75) is 89.5 Å². The predicted octanol–water partition coefficient (Wildman–Crippen LogP) is 6.47. The minimum absolute atomic E-state index is 0.0475. The van der Waals surface area contributed by atoms with Crippen molar-refractivity contribution in [3.05, 3.63) is 34.9 Å². The standard InChI is InChI=1S/C29H41ClN2O3/c1-22(19-23-9-11-25(30)12-10-23)26(33)31-17-15-28(16-18-31,24-7-3-2-4-8-24)20-32-27(34)35-21-29(32)13-5-6-14-29/h9-12,22,24H,2-8,13-21H2,1H3/t22-/m1/s1. The van der Waals surface area contributed by atoms with Gasteiger partial charge in [0.05, 0.1) is 5.54 Å². The number of nitrogens with zero attached hydrogens (tertiary/aromatic N) is 2. The van der Waals surface area contributed by atoms with Crippen LogP contribution in [-0.2, 0) is 16.0 Å². The average Bonchev–Trinajstić information content (AvgIpc) is 3.48. The molecule has 2 heterocycles. The van der Waals surface area contributed by atoms with Crippen molar-refractivity contribution in [2.75, 3.05) is 26.2 Å². The molecule has 0 radical (unpaired) electrons. The van der Waals surface area contributed by atoms with E-state index in [4.69, 9.17) is 16.3 Å². The summed E-state index contributed by atoms with van der Waals surface area (Å²) in [4.78, 5) is 30.5. The maximum Gasteiger partial charge on any atom is 0.410 e. The van der Waals surface area contributed by atoms with Crippen LogP contribution in [-0.4, -0.2) is 53.6 Å². The second-order valence-electron chi connectivity index (χ2n) is 11.8. The Bertz CT molecular complexity index is 897. The Kier molecular flexibility index (Phi) is 7.35. The van der Waals surface area contributed by atoms with Gasteiger partial charge in [-0.1, -0.05) is 62.8 Å². The zero-order valence-corrected chi connectivity index (χ0v) is 22.0. The lowest BCUT2D eigenvalue weighted by atomic mass is 9.63. The molecule has 2 aliphatic heterocycles. The number of hydrogen-bond acceptors (Lipinski definition) is 3. The SMILES string of the molecule is C[C@H](Cc1ccc(Cl)cc1)C(=O)N1CCC(CN2C(=O)OCC23CCCC3)(C2CCCCC2)CC1. The van der Waals surface area contributed by atoms with Gasteiger partial charge < -0.3 is 9.64 Å². The van der Waals surface area contributed by atoms with E-state index in [1.165, 1.54) is 44.9 Å². The average molecular weight is 501 g/mol. The normalized spacial score (nSPS) is 25.1. The molecular weight excluding hydrogens is 460 g/mol. The summed E-state index contributed by atoms with van der Waals surface area (Å²) in [6.45, 7) is 5.04. The molecule has 2 saturated carbocycles. The second-order valence-corrected chi connectivity index (χ2v) is 12.3. The Morgan fingerprint density at radius 2 is 1.69 bits per heavy atom. The molecule has 4 aliphatic rings. The monoisotopic (exact) mass is 500 g/mol. The maximum absolute atomic E-state index is 13.4. The van der Waals surface area contributed by atoms with Gasteiger partial charge in [0.1, 0.15) is 6.61 Å². The molecule has 2 aliphatic carbocycles. The Hall–Kier alpha value is -1.75. The lowest BCUT2D eigenvalue weighted by molar-refractivity contribution is -0.138. The van der Waals surface area contributed by atoms with Gasteiger partial charge in [0.15, 0.2) is 0 Å². The number of amides is 2. The topological polar surface area (TPSA) is 49.9 Å². The van der Waals surface area contributed by atoms with Crippen LogP contribution < -0.4 is 0 Å². The highest BCUT2D eigenvalue weighted by molar-refractivity contribution is 6.30. The summed E-state index contributed by atoms with van der Waals surface area (Å²) in [5.41, 5.74) is 1.19. The molecule has 0 unspecified atom stereocenters. The van der Waals surface area contributed by atoms with E-state index in [1.54, 1.807) is 0 Å². The minimum atomic E-state index is -0.0998. The number of halogens is 1. The van der Waals surface area contributed by atoms with Crippen LogP contribution in [0.1, 0.15) is 83.1 Å². The molecule has 35 heavy (non-hydrogen) atoms. The summed E-state index contributed by atoms with van der Waals surface area (Å²) < 4.78 is 5.65. The van der Waals surface area contributed by atoms with Crippen molar-refractivity contribution >= 4 is 23.6 Å². The van der Waals surface area contributed by atoms with Crippen LogP contribution in [0.4, 0.5) is 4.79 Å². The van der Waals surface area contributed by atoms with Gasteiger partial charge in [0.2, 0.25) is 5.91 Å². The van der Waals surface area contributed by atoms with Crippen LogP contribution in [0, 0.1) is 17.3 Å². The molecule has 0 bridgehead atoms.